The molecule has 0 aromatic heterocycles. The number of carbonyl (C=O) groups is 1. The molecule has 1 rings (SSSR count). The quantitative estimate of drug-likeness (QED) is 0.0712. The van der Waals surface area contributed by atoms with Crippen molar-refractivity contribution in [3.05, 3.63) is 53.1 Å². The molecule has 0 fully saturated rings. The fourth-order valence-corrected chi connectivity index (χ4v) is 4.56. The first-order valence-corrected chi connectivity index (χ1v) is 14.8. The van der Waals surface area contributed by atoms with E-state index in [-0.39, 0.29) is 5.97 Å². The molecule has 0 atom stereocenters. The number of nitrogens with zero attached hydrogens (tertiary/aromatic N) is 3. The van der Waals surface area contributed by atoms with Crippen molar-refractivity contribution in [1.82, 2.24) is 14.7 Å². The molecule has 0 spiro atoms. The lowest BCUT2D eigenvalue weighted by atomic mass is 9.98. The molecule has 0 aliphatic heterocycles. The maximum atomic E-state index is 12.7. The molecule has 0 saturated carbocycles. The summed E-state index contributed by atoms with van der Waals surface area (Å²) in [6, 6.07) is 4.11. The highest BCUT2D eigenvalue weighted by Crippen LogP contribution is 2.29. The molecule has 1 aromatic carbocycles. The Morgan fingerprint density at radius 1 is 0.684 bits per heavy atom. The minimum atomic E-state index is -0.119. The van der Waals surface area contributed by atoms with Gasteiger partial charge in [-0.3, -0.25) is 4.79 Å². The molecule has 0 aliphatic carbocycles. The van der Waals surface area contributed by atoms with E-state index >= 15 is 0 Å². The zero-order valence-corrected chi connectivity index (χ0v) is 25.7. The molecule has 0 bridgehead atoms. The molecule has 1 aromatic rings. The number of hydrogen-bond donors (Lipinski definition) is 0. The standard InChI is InChI=1S/C33H57N3O2/c1-8-9-10-11-12-13-14-15-16-17-18-19-20-21-22-23-33(37)38-32-25-24-29(26-34(2)3)30(27-35(4)5)31(32)28-36(6)7/h12-13,15-16,24-25H,8-11,14,17-23,26-28H2,1-7H3/b13-12-,16-15-. The Morgan fingerprint density at radius 2 is 1.24 bits per heavy atom. The summed E-state index contributed by atoms with van der Waals surface area (Å²) in [7, 11) is 12.5. The third-order valence-electron chi connectivity index (χ3n) is 6.48. The van der Waals surface area contributed by atoms with Crippen LogP contribution in [0.25, 0.3) is 0 Å². The molecule has 0 saturated heterocycles. The van der Waals surface area contributed by atoms with Crippen molar-refractivity contribution in [1.29, 1.82) is 0 Å². The maximum absolute atomic E-state index is 12.7. The highest BCUT2D eigenvalue weighted by atomic mass is 16.5. The molecule has 5 nitrogen and oxygen atoms in total. The van der Waals surface area contributed by atoms with Crippen LogP contribution < -0.4 is 4.74 Å². The van der Waals surface area contributed by atoms with Gasteiger partial charge in [0, 0.05) is 31.6 Å². The van der Waals surface area contributed by atoms with Crippen LogP contribution in [0.5, 0.6) is 5.75 Å². The van der Waals surface area contributed by atoms with E-state index in [9.17, 15) is 4.79 Å². The minimum Gasteiger partial charge on any atom is -0.426 e. The fourth-order valence-electron chi connectivity index (χ4n) is 4.56. The van der Waals surface area contributed by atoms with Crippen molar-refractivity contribution >= 4 is 5.97 Å². The Labute approximate surface area is 234 Å². The highest BCUT2D eigenvalue weighted by molar-refractivity contribution is 5.73. The third-order valence-corrected chi connectivity index (χ3v) is 6.48. The molecule has 0 heterocycles. The van der Waals surface area contributed by atoms with Crippen LogP contribution in [0.2, 0.25) is 0 Å². The zero-order valence-electron chi connectivity index (χ0n) is 25.7. The molecule has 0 unspecified atom stereocenters. The van der Waals surface area contributed by atoms with Crippen molar-refractivity contribution in [3.63, 3.8) is 0 Å². The summed E-state index contributed by atoms with van der Waals surface area (Å²) in [5.74, 6) is 0.595. The van der Waals surface area contributed by atoms with Gasteiger partial charge in [-0.2, -0.15) is 0 Å². The average molecular weight is 528 g/mol. The number of ether oxygens (including phenoxy) is 1. The number of benzene rings is 1. The van der Waals surface area contributed by atoms with Crippen LogP contribution in [0.4, 0.5) is 0 Å². The fraction of sp³-hybridized carbons (Fsp3) is 0.667. The lowest BCUT2D eigenvalue weighted by Gasteiger charge is -2.24. The van der Waals surface area contributed by atoms with E-state index in [2.05, 4.69) is 94.3 Å². The summed E-state index contributed by atoms with van der Waals surface area (Å²) < 4.78 is 5.94. The van der Waals surface area contributed by atoms with Crippen molar-refractivity contribution < 1.29 is 9.53 Å². The van der Waals surface area contributed by atoms with E-state index in [1.54, 1.807) is 0 Å². The third kappa shape index (κ3) is 16.1. The second kappa shape index (κ2) is 20.9. The predicted molar refractivity (Wildman–Crippen MR) is 164 cm³/mol. The summed E-state index contributed by atoms with van der Waals surface area (Å²) in [5.41, 5.74) is 3.67. The van der Waals surface area contributed by atoms with Crippen LogP contribution in [-0.4, -0.2) is 63.0 Å². The molecule has 0 aliphatic rings. The number of carbonyl (C=O) groups excluding carboxylic acids is 1. The molecule has 5 heteroatoms. The Bertz CT molecular complexity index is 828. The van der Waals surface area contributed by atoms with E-state index < -0.39 is 0 Å². The van der Waals surface area contributed by atoms with E-state index in [0.29, 0.717) is 12.2 Å². The Kier molecular flexibility index (Phi) is 18.8. The largest absolute Gasteiger partial charge is 0.426 e. The Hall–Kier alpha value is -1.95. The number of hydrogen-bond acceptors (Lipinski definition) is 5. The first-order valence-electron chi connectivity index (χ1n) is 14.8. The van der Waals surface area contributed by atoms with E-state index in [1.165, 1.54) is 56.1 Å². The lowest BCUT2D eigenvalue weighted by Crippen LogP contribution is -2.22. The normalized spacial score (nSPS) is 12.2. The molecule has 38 heavy (non-hydrogen) atoms. The van der Waals surface area contributed by atoms with Crippen LogP contribution >= 0.6 is 0 Å². The van der Waals surface area contributed by atoms with Crippen LogP contribution in [0, 0.1) is 0 Å². The first-order chi connectivity index (χ1) is 18.2. The molecule has 0 amide bonds. The van der Waals surface area contributed by atoms with Crippen LogP contribution in [0.1, 0.15) is 101 Å². The monoisotopic (exact) mass is 527 g/mol. The topological polar surface area (TPSA) is 36.0 Å². The Balaban J connectivity index is 2.45. The van der Waals surface area contributed by atoms with Gasteiger partial charge in [0.1, 0.15) is 5.75 Å². The van der Waals surface area contributed by atoms with Gasteiger partial charge in [-0.1, -0.05) is 69.4 Å². The van der Waals surface area contributed by atoms with Crippen molar-refractivity contribution in [2.45, 2.75) is 104 Å². The SMILES string of the molecule is CCCCC/C=C\C/C=C\CCCCCCCC(=O)Oc1ccc(CN(C)C)c(CN(C)C)c1CN(C)C. The van der Waals surface area contributed by atoms with Gasteiger partial charge >= 0.3 is 5.97 Å². The average Bonchev–Trinajstić information content (AvgIpc) is 2.84. The molecular weight excluding hydrogens is 470 g/mol. The van der Waals surface area contributed by atoms with E-state index in [0.717, 1.165) is 50.9 Å². The van der Waals surface area contributed by atoms with Crippen molar-refractivity contribution in [2.75, 3.05) is 42.3 Å². The molecule has 0 radical (unpaired) electrons. The molecule has 0 N–H and O–H groups in total. The number of unbranched alkanes of at least 4 members (excludes halogenated alkanes) is 8. The van der Waals surface area contributed by atoms with Gasteiger partial charge in [-0.15, -0.1) is 0 Å². The van der Waals surface area contributed by atoms with Crippen LogP contribution in [0.15, 0.2) is 36.4 Å². The van der Waals surface area contributed by atoms with Crippen molar-refractivity contribution in [3.8, 4) is 5.75 Å². The second-order valence-electron chi connectivity index (χ2n) is 11.3. The highest BCUT2D eigenvalue weighted by Gasteiger charge is 2.18. The summed E-state index contributed by atoms with van der Waals surface area (Å²) >= 11 is 0. The van der Waals surface area contributed by atoms with E-state index in [1.807, 2.05) is 6.07 Å². The first kappa shape index (κ1) is 34.1. The van der Waals surface area contributed by atoms with Crippen LogP contribution in [0.3, 0.4) is 0 Å². The van der Waals surface area contributed by atoms with Gasteiger partial charge < -0.3 is 19.4 Å². The van der Waals surface area contributed by atoms with Gasteiger partial charge in [0.2, 0.25) is 0 Å². The van der Waals surface area contributed by atoms with Gasteiger partial charge in [-0.05, 0) is 98.0 Å². The maximum Gasteiger partial charge on any atom is 0.311 e. The summed E-state index contributed by atoms with van der Waals surface area (Å²) in [4.78, 5) is 19.2. The van der Waals surface area contributed by atoms with Gasteiger partial charge in [0.05, 0.1) is 0 Å². The van der Waals surface area contributed by atoms with Crippen LogP contribution in [-0.2, 0) is 24.4 Å². The lowest BCUT2D eigenvalue weighted by molar-refractivity contribution is -0.134. The van der Waals surface area contributed by atoms with Crippen molar-refractivity contribution in [2.24, 2.45) is 0 Å². The van der Waals surface area contributed by atoms with Gasteiger partial charge in [-0.25, -0.2) is 0 Å². The predicted octanol–water partition coefficient (Wildman–Crippen LogP) is 7.59. The van der Waals surface area contributed by atoms with Gasteiger partial charge in [0.25, 0.3) is 0 Å². The minimum absolute atomic E-state index is 0.119. The summed E-state index contributed by atoms with van der Waals surface area (Å²) in [5, 5.41) is 0. The van der Waals surface area contributed by atoms with Gasteiger partial charge in [0.15, 0.2) is 0 Å². The van der Waals surface area contributed by atoms with E-state index in [4.69, 9.17) is 4.74 Å². The Morgan fingerprint density at radius 3 is 1.84 bits per heavy atom. The molecule has 216 valence electrons. The number of rotatable bonds is 21. The molecular formula is C33H57N3O2. The smallest absolute Gasteiger partial charge is 0.311 e. The number of allylic oxidation sites excluding steroid dienone is 4. The summed E-state index contributed by atoms with van der Waals surface area (Å²) in [6.07, 6.45) is 22.6. The second-order valence-corrected chi connectivity index (χ2v) is 11.3. The zero-order chi connectivity index (χ0) is 28.2. The number of esters is 1. The summed E-state index contributed by atoms with van der Waals surface area (Å²) in [6.45, 7) is 4.68.